The smallest absolute Gasteiger partial charge is 0.379 e. The zero-order valence-electron chi connectivity index (χ0n) is 17.0. The Morgan fingerprint density at radius 1 is 1.06 bits per heavy atom. The summed E-state index contributed by atoms with van der Waals surface area (Å²) in [6, 6.07) is 12.7. The van der Waals surface area contributed by atoms with Gasteiger partial charge in [0.2, 0.25) is 5.91 Å². The molecule has 0 spiro atoms. The van der Waals surface area contributed by atoms with Gasteiger partial charge in [-0.2, -0.15) is 26.7 Å². The Labute approximate surface area is 196 Å². The van der Waals surface area contributed by atoms with Crippen molar-refractivity contribution in [3.8, 4) is 5.75 Å². The van der Waals surface area contributed by atoms with Gasteiger partial charge in [-0.3, -0.25) is 4.79 Å². The fourth-order valence-electron chi connectivity index (χ4n) is 2.75. The summed E-state index contributed by atoms with van der Waals surface area (Å²) >= 11 is 5.86. The van der Waals surface area contributed by atoms with Crippen molar-refractivity contribution in [3.63, 3.8) is 0 Å². The van der Waals surface area contributed by atoms with Crippen molar-refractivity contribution in [1.82, 2.24) is 5.43 Å². The number of carbonyl (C=O) groups excluding carboxylic acids is 1. The van der Waals surface area contributed by atoms with Crippen LogP contribution in [0.2, 0.25) is 5.02 Å². The van der Waals surface area contributed by atoms with Gasteiger partial charge in [-0.1, -0.05) is 35.9 Å². The third kappa shape index (κ3) is 6.55. The van der Waals surface area contributed by atoms with Crippen LogP contribution in [0.1, 0.15) is 16.7 Å². The Morgan fingerprint density at radius 2 is 1.76 bits per heavy atom. The highest BCUT2D eigenvalue weighted by Gasteiger charge is 2.32. The lowest BCUT2D eigenvalue weighted by Gasteiger charge is -2.12. The first-order valence-electron chi connectivity index (χ1n) is 9.42. The summed E-state index contributed by atoms with van der Waals surface area (Å²) in [5.41, 5.74) is 0.761. The standard InChI is InChI=1S/C22H15ClF4N2O4S/c23-19-12-17(24)8-6-14(19)11-21(30)29-28-13-15-10-16(22(25,26)27)7-9-20(15)34(31,32)33-18-4-2-1-3-5-18/h1-10,12-13H,11H2,(H,29,30). The second-order valence-electron chi connectivity index (χ2n) is 6.81. The maximum atomic E-state index is 13.2. The van der Waals surface area contributed by atoms with Crippen LogP contribution in [0, 0.1) is 5.82 Å². The fraction of sp³-hybridized carbons (Fsp3) is 0.0909. The number of para-hydroxylation sites is 1. The maximum Gasteiger partial charge on any atom is 0.416 e. The molecular weight excluding hydrogens is 500 g/mol. The Bertz CT molecular complexity index is 1330. The Hall–Kier alpha value is -3.44. The number of amides is 1. The minimum absolute atomic E-state index is 0.00319. The van der Waals surface area contributed by atoms with E-state index in [0.717, 1.165) is 24.4 Å². The predicted molar refractivity (Wildman–Crippen MR) is 117 cm³/mol. The zero-order valence-corrected chi connectivity index (χ0v) is 18.6. The lowest BCUT2D eigenvalue weighted by Crippen LogP contribution is -2.20. The number of nitrogens with zero attached hydrogens (tertiary/aromatic N) is 1. The van der Waals surface area contributed by atoms with Gasteiger partial charge in [-0.25, -0.2) is 9.82 Å². The maximum absolute atomic E-state index is 13.2. The number of carbonyl (C=O) groups is 1. The van der Waals surface area contributed by atoms with E-state index in [2.05, 4.69) is 10.5 Å². The van der Waals surface area contributed by atoms with Gasteiger partial charge in [0.05, 0.1) is 18.2 Å². The molecule has 0 radical (unpaired) electrons. The SMILES string of the molecule is O=C(Cc1ccc(F)cc1Cl)NN=Cc1cc(C(F)(F)F)ccc1S(=O)(=O)Oc1ccccc1. The molecule has 0 aliphatic carbocycles. The normalized spacial score (nSPS) is 12.0. The largest absolute Gasteiger partial charge is 0.416 e. The van der Waals surface area contributed by atoms with E-state index in [1.54, 1.807) is 6.07 Å². The van der Waals surface area contributed by atoms with Gasteiger partial charge in [0, 0.05) is 10.6 Å². The summed E-state index contributed by atoms with van der Waals surface area (Å²) in [6.45, 7) is 0. The number of benzene rings is 3. The topological polar surface area (TPSA) is 84.8 Å². The average molecular weight is 515 g/mol. The molecule has 6 nitrogen and oxygen atoms in total. The molecule has 0 bridgehead atoms. The summed E-state index contributed by atoms with van der Waals surface area (Å²) < 4.78 is 83.0. The van der Waals surface area contributed by atoms with Crippen molar-refractivity contribution >= 4 is 33.8 Å². The van der Waals surface area contributed by atoms with Crippen LogP contribution in [0.4, 0.5) is 17.6 Å². The molecule has 0 aliphatic rings. The Balaban J connectivity index is 1.86. The third-order valence-electron chi connectivity index (χ3n) is 4.31. The molecule has 0 heterocycles. The minimum Gasteiger partial charge on any atom is -0.379 e. The van der Waals surface area contributed by atoms with Crippen LogP contribution in [0.25, 0.3) is 0 Å². The minimum atomic E-state index is -4.76. The second kappa shape index (κ2) is 10.2. The number of rotatable bonds is 7. The number of nitrogens with one attached hydrogen (secondary N) is 1. The van der Waals surface area contributed by atoms with Crippen molar-refractivity contribution in [1.29, 1.82) is 0 Å². The van der Waals surface area contributed by atoms with Crippen LogP contribution in [-0.4, -0.2) is 20.5 Å². The summed E-state index contributed by atoms with van der Waals surface area (Å²) in [5.74, 6) is -1.36. The van der Waals surface area contributed by atoms with E-state index in [-0.39, 0.29) is 22.8 Å². The highest BCUT2D eigenvalue weighted by Crippen LogP contribution is 2.32. The number of hydrogen-bond donors (Lipinski definition) is 1. The molecule has 1 N–H and O–H groups in total. The molecule has 0 fully saturated rings. The van der Waals surface area contributed by atoms with Gasteiger partial charge >= 0.3 is 16.3 Å². The monoisotopic (exact) mass is 514 g/mol. The third-order valence-corrected chi connectivity index (χ3v) is 5.99. The molecule has 178 valence electrons. The molecule has 0 aromatic heterocycles. The van der Waals surface area contributed by atoms with Gasteiger partial charge in [-0.05, 0) is 48.0 Å². The van der Waals surface area contributed by atoms with Crippen molar-refractivity contribution < 1.29 is 35.0 Å². The van der Waals surface area contributed by atoms with E-state index in [1.165, 1.54) is 30.3 Å². The summed E-state index contributed by atoms with van der Waals surface area (Å²) in [7, 11) is -4.54. The quantitative estimate of drug-likeness (QED) is 0.209. The lowest BCUT2D eigenvalue weighted by atomic mass is 10.1. The van der Waals surface area contributed by atoms with Gasteiger partial charge in [0.15, 0.2) is 0 Å². The van der Waals surface area contributed by atoms with E-state index < -0.39 is 44.0 Å². The van der Waals surface area contributed by atoms with Crippen LogP contribution in [0.15, 0.2) is 76.7 Å². The molecule has 0 saturated heterocycles. The molecule has 3 rings (SSSR count). The molecule has 3 aromatic rings. The van der Waals surface area contributed by atoms with E-state index >= 15 is 0 Å². The number of hydrazone groups is 1. The van der Waals surface area contributed by atoms with Gasteiger partial charge in [0.25, 0.3) is 0 Å². The average Bonchev–Trinajstić information content (AvgIpc) is 2.75. The first-order chi connectivity index (χ1) is 16.0. The number of halogens is 5. The van der Waals surface area contributed by atoms with Crippen LogP contribution < -0.4 is 9.61 Å². The second-order valence-corrected chi connectivity index (χ2v) is 8.73. The number of alkyl halides is 3. The van der Waals surface area contributed by atoms with Crippen molar-refractivity contribution in [2.24, 2.45) is 5.10 Å². The van der Waals surface area contributed by atoms with Crippen LogP contribution >= 0.6 is 11.6 Å². The van der Waals surface area contributed by atoms with E-state index in [4.69, 9.17) is 15.8 Å². The van der Waals surface area contributed by atoms with Gasteiger partial charge in [-0.15, -0.1) is 0 Å². The highest BCUT2D eigenvalue weighted by molar-refractivity contribution is 7.87. The molecule has 12 heteroatoms. The van der Waals surface area contributed by atoms with E-state index in [1.807, 2.05) is 0 Å². The fourth-order valence-corrected chi connectivity index (χ4v) is 4.08. The van der Waals surface area contributed by atoms with E-state index in [0.29, 0.717) is 12.1 Å². The van der Waals surface area contributed by atoms with Crippen LogP contribution in [-0.2, 0) is 27.5 Å². The van der Waals surface area contributed by atoms with E-state index in [9.17, 15) is 30.8 Å². The molecule has 0 atom stereocenters. The molecule has 1 amide bonds. The van der Waals surface area contributed by atoms with Gasteiger partial charge < -0.3 is 4.18 Å². The highest BCUT2D eigenvalue weighted by atomic mass is 35.5. The zero-order chi connectivity index (χ0) is 24.9. The summed E-state index contributed by atoms with van der Waals surface area (Å²) in [4.78, 5) is 11.5. The molecular formula is C22H15ClF4N2O4S. The van der Waals surface area contributed by atoms with Crippen LogP contribution in [0.3, 0.4) is 0 Å². The van der Waals surface area contributed by atoms with Crippen LogP contribution in [0.5, 0.6) is 5.75 Å². The molecule has 0 unspecified atom stereocenters. The molecule has 3 aromatic carbocycles. The molecule has 34 heavy (non-hydrogen) atoms. The Morgan fingerprint density at radius 3 is 2.41 bits per heavy atom. The van der Waals surface area contributed by atoms with Gasteiger partial charge in [0.1, 0.15) is 16.5 Å². The van der Waals surface area contributed by atoms with Crippen molar-refractivity contribution in [3.05, 3.63) is 94.3 Å². The summed E-state index contributed by atoms with van der Waals surface area (Å²) in [5, 5.41) is 3.56. The molecule has 0 aliphatic heterocycles. The predicted octanol–water partition coefficient (Wildman–Crippen LogP) is 4.96. The first-order valence-corrected chi connectivity index (χ1v) is 11.2. The van der Waals surface area contributed by atoms with Crippen molar-refractivity contribution in [2.75, 3.05) is 0 Å². The van der Waals surface area contributed by atoms with Crippen molar-refractivity contribution in [2.45, 2.75) is 17.5 Å². The summed E-state index contributed by atoms with van der Waals surface area (Å²) in [6.07, 6.45) is -4.31. The first kappa shape index (κ1) is 25.2. The number of hydrogen-bond acceptors (Lipinski definition) is 5. The molecule has 0 saturated carbocycles. The lowest BCUT2D eigenvalue weighted by molar-refractivity contribution is -0.137. The Kier molecular flexibility index (Phi) is 7.57.